The van der Waals surface area contributed by atoms with Crippen LogP contribution in [0, 0.1) is 13.8 Å². The number of aryl methyl sites for hydroxylation is 2. The molecular formula is C14H15NO4. The van der Waals surface area contributed by atoms with Gasteiger partial charge in [-0.25, -0.2) is 4.79 Å². The van der Waals surface area contributed by atoms with Crippen LogP contribution in [0.25, 0.3) is 0 Å². The zero-order chi connectivity index (χ0) is 14.3. The molecule has 1 N–H and O–H groups in total. The van der Waals surface area contributed by atoms with Crippen LogP contribution in [0.4, 0.5) is 0 Å². The highest BCUT2D eigenvalue weighted by molar-refractivity contribution is 6.23. The van der Waals surface area contributed by atoms with Crippen molar-refractivity contribution < 1.29 is 19.5 Å². The Kier molecular flexibility index (Phi) is 3.14. The number of hydrogen-bond donors (Lipinski definition) is 1. The SMILES string of the molecule is CCC(C(=O)O)N1C(=O)c2c(C)ccc(C)c2C1=O. The summed E-state index contributed by atoms with van der Waals surface area (Å²) in [6.45, 7) is 5.13. The molecule has 2 rings (SSSR count). The van der Waals surface area contributed by atoms with E-state index in [0.717, 1.165) is 4.90 Å². The first-order chi connectivity index (χ1) is 8.90. The summed E-state index contributed by atoms with van der Waals surface area (Å²) in [5.41, 5.74) is 2.07. The van der Waals surface area contributed by atoms with Gasteiger partial charge in [0.1, 0.15) is 6.04 Å². The number of carboxylic acids is 1. The van der Waals surface area contributed by atoms with Gasteiger partial charge < -0.3 is 5.11 Å². The van der Waals surface area contributed by atoms with Gasteiger partial charge in [-0.15, -0.1) is 0 Å². The van der Waals surface area contributed by atoms with Gasteiger partial charge in [-0.05, 0) is 31.4 Å². The summed E-state index contributed by atoms with van der Waals surface area (Å²) in [4.78, 5) is 36.7. The highest BCUT2D eigenvalue weighted by Crippen LogP contribution is 2.30. The number of carboxylic acid groups (broad SMARTS) is 1. The minimum atomic E-state index is -1.16. The van der Waals surface area contributed by atoms with Crippen molar-refractivity contribution in [1.29, 1.82) is 0 Å². The average molecular weight is 261 g/mol. The predicted octanol–water partition coefficient (Wildman–Crippen LogP) is 1.76. The first kappa shape index (κ1) is 13.3. The van der Waals surface area contributed by atoms with Crippen molar-refractivity contribution in [2.45, 2.75) is 33.2 Å². The molecule has 5 nitrogen and oxygen atoms in total. The lowest BCUT2D eigenvalue weighted by Gasteiger charge is -2.20. The van der Waals surface area contributed by atoms with Crippen molar-refractivity contribution in [1.82, 2.24) is 4.90 Å². The molecule has 0 saturated heterocycles. The molecule has 19 heavy (non-hydrogen) atoms. The highest BCUT2D eigenvalue weighted by atomic mass is 16.4. The van der Waals surface area contributed by atoms with Gasteiger partial charge in [0.05, 0.1) is 11.1 Å². The quantitative estimate of drug-likeness (QED) is 0.841. The maximum Gasteiger partial charge on any atom is 0.326 e. The number of benzene rings is 1. The van der Waals surface area contributed by atoms with E-state index in [1.165, 1.54) is 0 Å². The van der Waals surface area contributed by atoms with Gasteiger partial charge in [-0.3, -0.25) is 14.5 Å². The largest absolute Gasteiger partial charge is 0.480 e. The second-order valence-electron chi connectivity index (χ2n) is 4.69. The van der Waals surface area contributed by atoms with E-state index in [1.807, 2.05) is 0 Å². The molecule has 0 spiro atoms. The van der Waals surface area contributed by atoms with Crippen LogP contribution in [0.3, 0.4) is 0 Å². The van der Waals surface area contributed by atoms with E-state index in [-0.39, 0.29) is 6.42 Å². The van der Waals surface area contributed by atoms with E-state index in [0.29, 0.717) is 22.3 Å². The third-order valence-electron chi connectivity index (χ3n) is 3.47. The zero-order valence-electron chi connectivity index (χ0n) is 11.1. The summed E-state index contributed by atoms with van der Waals surface area (Å²) in [6, 6.07) is 2.43. The molecule has 1 atom stereocenters. The van der Waals surface area contributed by atoms with Crippen LogP contribution in [0.15, 0.2) is 12.1 Å². The van der Waals surface area contributed by atoms with Crippen LogP contribution in [-0.4, -0.2) is 33.8 Å². The molecule has 0 aliphatic carbocycles. The number of hydrogen-bond acceptors (Lipinski definition) is 3. The maximum atomic E-state index is 12.3. The van der Waals surface area contributed by atoms with Crippen molar-refractivity contribution >= 4 is 17.8 Å². The number of aliphatic carboxylic acids is 1. The lowest BCUT2D eigenvalue weighted by atomic mass is 9.99. The molecule has 1 aliphatic heterocycles. The normalized spacial score (nSPS) is 15.6. The van der Waals surface area contributed by atoms with Crippen molar-refractivity contribution in [3.05, 3.63) is 34.4 Å². The summed E-state index contributed by atoms with van der Waals surface area (Å²) in [7, 11) is 0. The lowest BCUT2D eigenvalue weighted by molar-refractivity contribution is -0.141. The Hall–Kier alpha value is -2.17. The number of fused-ring (bicyclic) bond motifs is 1. The molecule has 0 bridgehead atoms. The summed E-state index contributed by atoms with van der Waals surface area (Å²) in [6.07, 6.45) is 0.193. The lowest BCUT2D eigenvalue weighted by Crippen LogP contribution is -2.44. The van der Waals surface area contributed by atoms with Crippen LogP contribution >= 0.6 is 0 Å². The van der Waals surface area contributed by atoms with Gasteiger partial charge in [0.15, 0.2) is 0 Å². The van der Waals surface area contributed by atoms with Crippen LogP contribution < -0.4 is 0 Å². The van der Waals surface area contributed by atoms with Gasteiger partial charge in [-0.1, -0.05) is 19.1 Å². The minimum absolute atomic E-state index is 0.193. The number of carbonyl (C=O) groups excluding carboxylic acids is 2. The first-order valence-corrected chi connectivity index (χ1v) is 6.11. The van der Waals surface area contributed by atoms with Gasteiger partial charge in [-0.2, -0.15) is 0 Å². The fourth-order valence-corrected chi connectivity index (χ4v) is 2.45. The van der Waals surface area contributed by atoms with Gasteiger partial charge in [0.25, 0.3) is 11.8 Å². The maximum absolute atomic E-state index is 12.3. The fourth-order valence-electron chi connectivity index (χ4n) is 2.45. The smallest absolute Gasteiger partial charge is 0.326 e. The third kappa shape index (κ3) is 1.82. The molecule has 0 saturated carbocycles. The van der Waals surface area contributed by atoms with Crippen molar-refractivity contribution in [2.75, 3.05) is 0 Å². The zero-order valence-corrected chi connectivity index (χ0v) is 11.1. The molecule has 0 fully saturated rings. The standard InChI is InChI=1S/C14H15NO4/c1-4-9(14(18)19)15-12(16)10-7(2)5-6-8(3)11(10)13(15)17/h5-6,9H,4H2,1-3H3,(H,18,19). The molecule has 0 radical (unpaired) electrons. The highest BCUT2D eigenvalue weighted by Gasteiger charge is 2.43. The Morgan fingerprint density at radius 3 is 1.89 bits per heavy atom. The Labute approximate surface area is 110 Å². The van der Waals surface area contributed by atoms with E-state index in [1.54, 1.807) is 32.9 Å². The number of amides is 2. The number of carbonyl (C=O) groups is 3. The molecule has 2 amide bonds. The van der Waals surface area contributed by atoms with E-state index < -0.39 is 23.8 Å². The molecule has 1 heterocycles. The van der Waals surface area contributed by atoms with Gasteiger partial charge in [0.2, 0.25) is 0 Å². The predicted molar refractivity (Wildman–Crippen MR) is 68.1 cm³/mol. The van der Waals surface area contributed by atoms with Gasteiger partial charge >= 0.3 is 5.97 Å². The summed E-state index contributed by atoms with van der Waals surface area (Å²) < 4.78 is 0. The van der Waals surface area contributed by atoms with E-state index in [4.69, 9.17) is 5.11 Å². The van der Waals surface area contributed by atoms with Crippen molar-refractivity contribution in [3.8, 4) is 0 Å². The molecule has 1 aliphatic rings. The van der Waals surface area contributed by atoms with Crippen molar-refractivity contribution in [3.63, 3.8) is 0 Å². The van der Waals surface area contributed by atoms with E-state index in [2.05, 4.69) is 0 Å². The van der Waals surface area contributed by atoms with Crippen molar-refractivity contribution in [2.24, 2.45) is 0 Å². The second-order valence-corrected chi connectivity index (χ2v) is 4.69. The molecule has 100 valence electrons. The Morgan fingerprint density at radius 2 is 1.58 bits per heavy atom. The van der Waals surface area contributed by atoms with Gasteiger partial charge in [0, 0.05) is 0 Å². The molecule has 0 aromatic heterocycles. The summed E-state index contributed by atoms with van der Waals surface area (Å²) in [5.74, 6) is -2.17. The molecular weight excluding hydrogens is 246 g/mol. The Balaban J connectivity index is 2.59. The average Bonchev–Trinajstić information content (AvgIpc) is 2.60. The molecule has 1 aromatic rings. The van der Waals surface area contributed by atoms with Crippen LogP contribution in [-0.2, 0) is 4.79 Å². The summed E-state index contributed by atoms with van der Waals surface area (Å²) in [5, 5.41) is 9.14. The first-order valence-electron chi connectivity index (χ1n) is 6.11. The van der Waals surface area contributed by atoms with E-state index in [9.17, 15) is 14.4 Å². The fraction of sp³-hybridized carbons (Fsp3) is 0.357. The molecule has 1 aromatic carbocycles. The Morgan fingerprint density at radius 1 is 1.16 bits per heavy atom. The molecule has 1 unspecified atom stereocenters. The molecule has 5 heteroatoms. The Bertz CT molecular complexity index is 550. The topological polar surface area (TPSA) is 74.7 Å². The monoisotopic (exact) mass is 261 g/mol. The third-order valence-corrected chi connectivity index (χ3v) is 3.47. The number of imide groups is 1. The number of rotatable bonds is 3. The van der Waals surface area contributed by atoms with Crippen LogP contribution in [0.1, 0.15) is 45.2 Å². The number of nitrogens with zero attached hydrogens (tertiary/aromatic N) is 1. The second kappa shape index (κ2) is 4.50. The minimum Gasteiger partial charge on any atom is -0.480 e. The summed E-state index contributed by atoms with van der Waals surface area (Å²) >= 11 is 0. The van der Waals surface area contributed by atoms with Crippen LogP contribution in [0.2, 0.25) is 0 Å². The van der Waals surface area contributed by atoms with Crippen LogP contribution in [0.5, 0.6) is 0 Å². The van der Waals surface area contributed by atoms with E-state index >= 15 is 0 Å².